The van der Waals surface area contributed by atoms with Gasteiger partial charge in [0.2, 0.25) is 5.91 Å². The molecule has 1 aliphatic heterocycles. The third-order valence-electron chi connectivity index (χ3n) is 6.29. The van der Waals surface area contributed by atoms with Gasteiger partial charge < -0.3 is 10.6 Å². The SMILES string of the molecule is Cc1cccc(C(C)C)c1NC(=O)Cc1ccc(NC2=C(Cl)C(=O)N(c3cccc(Cl)c3C)C2=O)cc1. The summed E-state index contributed by atoms with van der Waals surface area (Å²) in [5.41, 5.74) is 5.29. The molecule has 0 aliphatic carbocycles. The topological polar surface area (TPSA) is 78.5 Å². The van der Waals surface area contributed by atoms with Gasteiger partial charge in [0.05, 0.1) is 12.1 Å². The number of amides is 3. The van der Waals surface area contributed by atoms with Crippen molar-refractivity contribution in [1.82, 2.24) is 0 Å². The quantitative estimate of drug-likeness (QED) is 0.330. The molecule has 0 saturated heterocycles. The minimum absolute atomic E-state index is 0.0164. The Hall–Kier alpha value is -3.61. The number of hydrogen-bond donors (Lipinski definition) is 2. The molecule has 0 atom stereocenters. The molecule has 0 radical (unpaired) electrons. The summed E-state index contributed by atoms with van der Waals surface area (Å²) in [7, 11) is 0. The summed E-state index contributed by atoms with van der Waals surface area (Å²) in [6, 6.07) is 18.0. The molecule has 4 rings (SSSR count). The highest BCUT2D eigenvalue weighted by Gasteiger charge is 2.39. The number of nitrogens with zero attached hydrogens (tertiary/aromatic N) is 1. The number of carbonyl (C=O) groups is 3. The second-order valence-corrected chi connectivity index (χ2v) is 10.0. The third kappa shape index (κ3) is 5.41. The van der Waals surface area contributed by atoms with E-state index in [2.05, 4.69) is 24.5 Å². The Balaban J connectivity index is 1.45. The van der Waals surface area contributed by atoms with Gasteiger partial charge in [-0.05, 0) is 66.3 Å². The van der Waals surface area contributed by atoms with Crippen molar-refractivity contribution in [1.29, 1.82) is 0 Å². The number of benzene rings is 3. The summed E-state index contributed by atoms with van der Waals surface area (Å²) in [5.74, 6) is -1.02. The zero-order valence-corrected chi connectivity index (χ0v) is 22.5. The molecule has 0 unspecified atom stereocenters. The lowest BCUT2D eigenvalue weighted by atomic mass is 9.98. The Morgan fingerprint density at radius 1 is 0.919 bits per heavy atom. The predicted octanol–water partition coefficient (Wildman–Crippen LogP) is 6.70. The molecule has 8 heteroatoms. The zero-order valence-electron chi connectivity index (χ0n) is 21.0. The Labute approximate surface area is 226 Å². The van der Waals surface area contributed by atoms with Crippen molar-refractivity contribution < 1.29 is 14.4 Å². The molecule has 0 spiro atoms. The van der Waals surface area contributed by atoms with Crippen LogP contribution in [-0.2, 0) is 20.8 Å². The number of imide groups is 1. The molecule has 0 bridgehead atoms. The molecule has 1 heterocycles. The van der Waals surface area contributed by atoms with Crippen LogP contribution in [0.3, 0.4) is 0 Å². The van der Waals surface area contributed by atoms with Crippen molar-refractivity contribution in [3.63, 3.8) is 0 Å². The summed E-state index contributed by atoms with van der Waals surface area (Å²) < 4.78 is 0. The van der Waals surface area contributed by atoms with E-state index in [1.807, 2.05) is 25.1 Å². The van der Waals surface area contributed by atoms with Gasteiger partial charge in [-0.3, -0.25) is 14.4 Å². The number of halogens is 2. The average molecular weight is 536 g/mol. The normalized spacial score (nSPS) is 13.5. The molecule has 37 heavy (non-hydrogen) atoms. The summed E-state index contributed by atoms with van der Waals surface area (Å²) in [5, 5.41) is 6.25. The molecule has 1 aliphatic rings. The van der Waals surface area contributed by atoms with E-state index in [1.54, 1.807) is 49.4 Å². The largest absolute Gasteiger partial charge is 0.350 e. The number of para-hydroxylation sites is 1. The summed E-state index contributed by atoms with van der Waals surface area (Å²) >= 11 is 12.4. The summed E-state index contributed by atoms with van der Waals surface area (Å²) in [4.78, 5) is 39.7. The van der Waals surface area contributed by atoms with Crippen LogP contribution in [0, 0.1) is 13.8 Å². The number of nitrogens with one attached hydrogen (secondary N) is 2. The first-order valence-electron chi connectivity index (χ1n) is 11.9. The van der Waals surface area contributed by atoms with Gasteiger partial charge in [-0.2, -0.15) is 0 Å². The molecule has 0 aromatic heterocycles. The summed E-state index contributed by atoms with van der Waals surface area (Å²) in [6.45, 7) is 7.90. The standard InChI is InChI=1S/C29H27Cl2N3O3/c1-16(2)21-8-5-7-17(3)26(21)33-24(35)15-19-11-13-20(14-12-19)32-27-25(31)28(36)34(29(27)37)23-10-6-9-22(30)18(23)4/h5-14,16,32H,15H2,1-4H3,(H,33,35). The van der Waals surface area contributed by atoms with Crippen molar-refractivity contribution in [3.05, 3.63) is 98.7 Å². The minimum Gasteiger partial charge on any atom is -0.350 e. The number of anilines is 3. The maximum Gasteiger partial charge on any atom is 0.283 e. The van der Waals surface area contributed by atoms with Crippen molar-refractivity contribution >= 4 is 58.0 Å². The van der Waals surface area contributed by atoms with Crippen LogP contribution in [0.25, 0.3) is 0 Å². The van der Waals surface area contributed by atoms with E-state index >= 15 is 0 Å². The number of hydrogen-bond acceptors (Lipinski definition) is 4. The Morgan fingerprint density at radius 2 is 1.59 bits per heavy atom. The van der Waals surface area contributed by atoms with Gasteiger partial charge >= 0.3 is 0 Å². The highest BCUT2D eigenvalue weighted by atomic mass is 35.5. The maximum atomic E-state index is 13.1. The van der Waals surface area contributed by atoms with E-state index in [0.29, 0.717) is 22.0 Å². The first-order chi connectivity index (χ1) is 17.6. The third-order valence-corrected chi connectivity index (χ3v) is 7.05. The summed E-state index contributed by atoms with van der Waals surface area (Å²) in [6.07, 6.45) is 0.189. The van der Waals surface area contributed by atoms with Gasteiger partial charge in [-0.25, -0.2) is 4.90 Å². The molecular formula is C29H27Cl2N3O3. The maximum absolute atomic E-state index is 13.1. The fraction of sp³-hybridized carbons (Fsp3) is 0.207. The van der Waals surface area contributed by atoms with Gasteiger partial charge in [0.15, 0.2) is 0 Å². The molecule has 6 nitrogen and oxygen atoms in total. The molecule has 2 N–H and O–H groups in total. The van der Waals surface area contributed by atoms with E-state index in [9.17, 15) is 14.4 Å². The van der Waals surface area contributed by atoms with Gasteiger partial charge in [0.1, 0.15) is 10.7 Å². The molecule has 0 fully saturated rings. The monoisotopic (exact) mass is 535 g/mol. The van der Waals surface area contributed by atoms with Crippen LogP contribution in [0.2, 0.25) is 5.02 Å². The van der Waals surface area contributed by atoms with Crippen molar-refractivity contribution in [2.24, 2.45) is 0 Å². The minimum atomic E-state index is -0.621. The van der Waals surface area contributed by atoms with Gasteiger partial charge in [0, 0.05) is 16.4 Å². The Bertz CT molecular complexity index is 1430. The molecule has 3 aromatic rings. The van der Waals surface area contributed by atoms with E-state index in [1.165, 1.54) is 0 Å². The van der Waals surface area contributed by atoms with Crippen LogP contribution in [0.4, 0.5) is 17.1 Å². The van der Waals surface area contributed by atoms with Gasteiger partial charge in [-0.15, -0.1) is 0 Å². The fourth-order valence-electron chi connectivity index (χ4n) is 4.23. The van der Waals surface area contributed by atoms with Gasteiger partial charge in [0.25, 0.3) is 11.8 Å². The second kappa shape index (κ2) is 10.8. The Morgan fingerprint density at radius 3 is 2.27 bits per heavy atom. The lowest BCUT2D eigenvalue weighted by Crippen LogP contribution is -2.32. The lowest BCUT2D eigenvalue weighted by Gasteiger charge is -2.18. The van der Waals surface area contributed by atoms with Gasteiger partial charge in [-0.1, -0.05) is 73.4 Å². The van der Waals surface area contributed by atoms with Crippen molar-refractivity contribution in [2.75, 3.05) is 15.5 Å². The molecule has 3 amide bonds. The average Bonchev–Trinajstić information content (AvgIpc) is 3.06. The zero-order chi connectivity index (χ0) is 26.9. The first kappa shape index (κ1) is 26.5. The Kier molecular flexibility index (Phi) is 7.71. The first-order valence-corrected chi connectivity index (χ1v) is 12.6. The van der Waals surface area contributed by atoms with Crippen LogP contribution in [0.15, 0.2) is 71.4 Å². The molecule has 0 saturated carbocycles. The van der Waals surface area contributed by atoms with Crippen LogP contribution in [-0.4, -0.2) is 17.7 Å². The molecule has 3 aromatic carbocycles. The van der Waals surface area contributed by atoms with E-state index in [4.69, 9.17) is 23.2 Å². The van der Waals surface area contributed by atoms with E-state index in [-0.39, 0.29) is 29.0 Å². The van der Waals surface area contributed by atoms with Crippen LogP contribution >= 0.6 is 23.2 Å². The van der Waals surface area contributed by atoms with E-state index < -0.39 is 11.8 Å². The predicted molar refractivity (Wildman–Crippen MR) is 149 cm³/mol. The number of aryl methyl sites for hydroxylation is 1. The lowest BCUT2D eigenvalue weighted by molar-refractivity contribution is -0.120. The molecule has 190 valence electrons. The highest BCUT2D eigenvalue weighted by molar-refractivity contribution is 6.53. The van der Waals surface area contributed by atoms with Crippen LogP contribution in [0.5, 0.6) is 0 Å². The number of carbonyl (C=O) groups excluding carboxylic acids is 3. The smallest absolute Gasteiger partial charge is 0.283 e. The van der Waals surface area contributed by atoms with E-state index in [0.717, 1.165) is 27.3 Å². The second-order valence-electron chi connectivity index (χ2n) is 9.26. The number of rotatable bonds is 7. The van der Waals surface area contributed by atoms with Crippen LogP contribution in [0.1, 0.15) is 42.0 Å². The van der Waals surface area contributed by atoms with Crippen LogP contribution < -0.4 is 15.5 Å². The molecular weight excluding hydrogens is 509 g/mol. The highest BCUT2D eigenvalue weighted by Crippen LogP contribution is 2.34. The fourth-order valence-corrected chi connectivity index (χ4v) is 4.61. The van der Waals surface area contributed by atoms with Crippen molar-refractivity contribution in [3.8, 4) is 0 Å². The van der Waals surface area contributed by atoms with Crippen molar-refractivity contribution in [2.45, 2.75) is 40.0 Å².